The quantitative estimate of drug-likeness (QED) is 0.835. The lowest BCUT2D eigenvalue weighted by Crippen LogP contribution is -2.33. The topological polar surface area (TPSA) is 40.6 Å². The van der Waals surface area contributed by atoms with Crippen LogP contribution in [0.4, 0.5) is 5.69 Å². The molecule has 5 heteroatoms. The molecule has 0 atom stereocenters. The Kier molecular flexibility index (Phi) is 4.67. The Hall–Kier alpha value is -1.49. The summed E-state index contributed by atoms with van der Waals surface area (Å²) in [6, 6.07) is 7.50. The molecule has 2 amide bonds. The third-order valence-corrected chi connectivity index (χ3v) is 6.00. The van der Waals surface area contributed by atoms with E-state index in [4.69, 9.17) is 0 Å². The van der Waals surface area contributed by atoms with Crippen molar-refractivity contribution in [2.24, 2.45) is 0 Å². The SMILES string of the molecule is CC1(C)CCN(C(=O)c2ccc(N3CCCC3=O)cc2)CCS1. The van der Waals surface area contributed by atoms with Crippen LogP contribution in [0.1, 0.15) is 43.5 Å². The first-order chi connectivity index (χ1) is 11.0. The number of hydrogen-bond donors (Lipinski definition) is 0. The van der Waals surface area contributed by atoms with Crippen LogP contribution >= 0.6 is 11.8 Å². The molecule has 2 aliphatic heterocycles. The first kappa shape index (κ1) is 16.4. The van der Waals surface area contributed by atoms with Gasteiger partial charge in [0.25, 0.3) is 5.91 Å². The van der Waals surface area contributed by atoms with Crippen LogP contribution in [0.25, 0.3) is 0 Å². The standard InChI is InChI=1S/C18H24N2O2S/c1-18(2)9-11-19(12-13-23-18)17(22)14-5-7-15(8-6-14)20-10-3-4-16(20)21/h5-8H,3-4,9-13H2,1-2H3. The van der Waals surface area contributed by atoms with Crippen molar-refractivity contribution in [1.29, 1.82) is 0 Å². The molecule has 2 aliphatic rings. The van der Waals surface area contributed by atoms with Gasteiger partial charge in [0.2, 0.25) is 5.91 Å². The minimum Gasteiger partial charge on any atom is -0.338 e. The van der Waals surface area contributed by atoms with Gasteiger partial charge in [-0.05, 0) is 37.1 Å². The van der Waals surface area contributed by atoms with Crippen LogP contribution in [0.15, 0.2) is 24.3 Å². The molecule has 0 radical (unpaired) electrons. The maximum absolute atomic E-state index is 12.7. The molecule has 1 aromatic carbocycles. The van der Waals surface area contributed by atoms with E-state index in [1.165, 1.54) is 0 Å². The van der Waals surface area contributed by atoms with E-state index in [9.17, 15) is 9.59 Å². The van der Waals surface area contributed by atoms with Gasteiger partial charge < -0.3 is 9.80 Å². The third kappa shape index (κ3) is 3.71. The average Bonchev–Trinajstić information content (AvgIpc) is 2.87. The second-order valence-corrected chi connectivity index (χ2v) is 8.65. The zero-order valence-electron chi connectivity index (χ0n) is 13.9. The molecule has 0 spiro atoms. The van der Waals surface area contributed by atoms with Crippen molar-refractivity contribution in [1.82, 2.24) is 4.90 Å². The molecule has 3 rings (SSSR count). The van der Waals surface area contributed by atoms with Crippen LogP contribution in [0.3, 0.4) is 0 Å². The first-order valence-corrected chi connectivity index (χ1v) is 9.28. The zero-order valence-corrected chi connectivity index (χ0v) is 14.7. The highest BCUT2D eigenvalue weighted by atomic mass is 32.2. The molecule has 0 bridgehead atoms. The van der Waals surface area contributed by atoms with Gasteiger partial charge in [-0.3, -0.25) is 9.59 Å². The Morgan fingerprint density at radius 2 is 1.87 bits per heavy atom. The lowest BCUT2D eigenvalue weighted by Gasteiger charge is -2.23. The summed E-state index contributed by atoms with van der Waals surface area (Å²) in [4.78, 5) is 28.2. The number of hydrogen-bond acceptors (Lipinski definition) is 3. The van der Waals surface area contributed by atoms with Gasteiger partial charge in [-0.25, -0.2) is 0 Å². The number of anilines is 1. The maximum atomic E-state index is 12.7. The maximum Gasteiger partial charge on any atom is 0.253 e. The van der Waals surface area contributed by atoms with Crippen LogP contribution in [0, 0.1) is 0 Å². The molecule has 0 aromatic heterocycles. The Morgan fingerprint density at radius 1 is 1.13 bits per heavy atom. The monoisotopic (exact) mass is 332 g/mol. The Balaban J connectivity index is 1.69. The first-order valence-electron chi connectivity index (χ1n) is 8.30. The molecular weight excluding hydrogens is 308 g/mol. The molecule has 0 saturated carbocycles. The second kappa shape index (κ2) is 6.56. The number of nitrogens with zero attached hydrogens (tertiary/aromatic N) is 2. The normalized spacial score (nSPS) is 21.4. The molecule has 2 fully saturated rings. The number of carbonyl (C=O) groups is 2. The molecule has 23 heavy (non-hydrogen) atoms. The number of thioether (sulfide) groups is 1. The van der Waals surface area contributed by atoms with Crippen molar-refractivity contribution in [2.75, 3.05) is 30.3 Å². The van der Waals surface area contributed by atoms with E-state index in [1.54, 1.807) is 4.90 Å². The van der Waals surface area contributed by atoms with Gasteiger partial charge in [0.05, 0.1) is 0 Å². The molecule has 1 aromatic rings. The summed E-state index contributed by atoms with van der Waals surface area (Å²) in [5, 5.41) is 0. The summed E-state index contributed by atoms with van der Waals surface area (Å²) < 4.78 is 0.245. The van der Waals surface area contributed by atoms with Crippen LogP contribution in [-0.2, 0) is 4.79 Å². The van der Waals surface area contributed by atoms with Crippen molar-refractivity contribution >= 4 is 29.3 Å². The summed E-state index contributed by atoms with van der Waals surface area (Å²) in [5.74, 6) is 1.26. The van der Waals surface area contributed by atoms with Gasteiger partial charge in [-0.2, -0.15) is 11.8 Å². The van der Waals surface area contributed by atoms with E-state index in [-0.39, 0.29) is 16.6 Å². The van der Waals surface area contributed by atoms with Crippen LogP contribution < -0.4 is 4.90 Å². The molecule has 4 nitrogen and oxygen atoms in total. The average molecular weight is 332 g/mol. The third-order valence-electron chi connectivity index (χ3n) is 4.62. The van der Waals surface area contributed by atoms with Crippen LogP contribution in [0.2, 0.25) is 0 Å². The van der Waals surface area contributed by atoms with Crippen molar-refractivity contribution < 1.29 is 9.59 Å². The lowest BCUT2D eigenvalue weighted by atomic mass is 10.1. The Labute approximate surface area is 142 Å². The van der Waals surface area contributed by atoms with E-state index in [0.717, 1.165) is 43.9 Å². The van der Waals surface area contributed by atoms with Gasteiger partial charge in [-0.15, -0.1) is 0 Å². The van der Waals surface area contributed by atoms with Gasteiger partial charge in [0.15, 0.2) is 0 Å². The summed E-state index contributed by atoms with van der Waals surface area (Å²) in [7, 11) is 0. The fourth-order valence-corrected chi connectivity index (χ4v) is 4.21. The highest BCUT2D eigenvalue weighted by Crippen LogP contribution is 2.31. The largest absolute Gasteiger partial charge is 0.338 e. The minimum absolute atomic E-state index is 0.0996. The van der Waals surface area contributed by atoms with Gasteiger partial charge >= 0.3 is 0 Å². The van der Waals surface area contributed by atoms with Crippen molar-refractivity contribution in [3.63, 3.8) is 0 Å². The highest BCUT2D eigenvalue weighted by Gasteiger charge is 2.27. The molecule has 0 unspecified atom stereocenters. The Bertz CT molecular complexity index is 598. The second-order valence-electron chi connectivity index (χ2n) is 6.85. The molecule has 0 aliphatic carbocycles. The van der Waals surface area contributed by atoms with Gasteiger partial charge in [-0.1, -0.05) is 13.8 Å². The van der Waals surface area contributed by atoms with E-state index in [2.05, 4.69) is 13.8 Å². The van der Waals surface area contributed by atoms with Crippen molar-refractivity contribution in [3.05, 3.63) is 29.8 Å². The Morgan fingerprint density at radius 3 is 2.52 bits per heavy atom. The van der Waals surface area contributed by atoms with Gasteiger partial charge in [0.1, 0.15) is 0 Å². The van der Waals surface area contributed by atoms with Gasteiger partial charge in [0, 0.05) is 47.8 Å². The van der Waals surface area contributed by atoms with Crippen molar-refractivity contribution in [2.45, 2.75) is 37.9 Å². The summed E-state index contributed by atoms with van der Waals surface area (Å²) in [5.41, 5.74) is 1.61. The van der Waals surface area contributed by atoms with Crippen molar-refractivity contribution in [3.8, 4) is 0 Å². The van der Waals surface area contributed by atoms with E-state index in [1.807, 2.05) is 40.9 Å². The molecular formula is C18H24N2O2S. The predicted molar refractivity (Wildman–Crippen MR) is 95.1 cm³/mol. The molecule has 124 valence electrons. The summed E-state index contributed by atoms with van der Waals surface area (Å²) in [6.07, 6.45) is 2.56. The minimum atomic E-state index is 0.0996. The number of rotatable bonds is 2. The van der Waals surface area contributed by atoms with E-state index >= 15 is 0 Å². The number of carbonyl (C=O) groups excluding carboxylic acids is 2. The fourth-order valence-electron chi connectivity index (χ4n) is 3.11. The fraction of sp³-hybridized carbons (Fsp3) is 0.556. The predicted octanol–water partition coefficient (Wildman–Crippen LogP) is 3.17. The molecule has 2 heterocycles. The molecule has 0 N–H and O–H groups in total. The summed E-state index contributed by atoms with van der Waals surface area (Å²) in [6.45, 7) is 6.88. The van der Waals surface area contributed by atoms with Crippen LogP contribution in [0.5, 0.6) is 0 Å². The lowest BCUT2D eigenvalue weighted by molar-refractivity contribution is -0.117. The van der Waals surface area contributed by atoms with E-state index in [0.29, 0.717) is 12.0 Å². The number of amides is 2. The smallest absolute Gasteiger partial charge is 0.253 e. The highest BCUT2D eigenvalue weighted by molar-refractivity contribution is 8.00. The summed E-state index contributed by atoms with van der Waals surface area (Å²) >= 11 is 1.94. The van der Waals surface area contributed by atoms with Crippen LogP contribution in [-0.4, -0.2) is 46.8 Å². The molecule has 2 saturated heterocycles. The zero-order chi connectivity index (χ0) is 16.4. The van der Waals surface area contributed by atoms with E-state index < -0.39 is 0 Å². The number of benzene rings is 1.